The molecule has 15 heavy (non-hydrogen) atoms. The largest absolute Gasteiger partial charge is 0.338 e. The molecule has 0 unspecified atom stereocenters. The zero-order valence-corrected chi connectivity index (χ0v) is 10.5. The molecule has 0 atom stereocenters. The van der Waals surface area contributed by atoms with E-state index in [1.807, 2.05) is 30.0 Å². The molecule has 0 bridgehead atoms. The topological polar surface area (TPSA) is 20.3 Å². The summed E-state index contributed by atoms with van der Waals surface area (Å²) in [6.45, 7) is 5.96. The number of carbonyl (C=O) groups excluding carboxylic acids is 1. The molecule has 1 aliphatic rings. The van der Waals surface area contributed by atoms with Crippen molar-refractivity contribution in [3.05, 3.63) is 33.8 Å². The van der Waals surface area contributed by atoms with Gasteiger partial charge in [-0.05, 0) is 46.5 Å². The van der Waals surface area contributed by atoms with E-state index in [1.54, 1.807) is 0 Å². The standard InChI is InChI=1S/C12H14BrNO/c1-8-3-4-10(11(13)5-8)12(15)14-6-9(2)7-14/h3-5,9H,6-7H2,1-2H3. The summed E-state index contributed by atoms with van der Waals surface area (Å²) in [7, 11) is 0. The van der Waals surface area contributed by atoms with E-state index < -0.39 is 0 Å². The summed E-state index contributed by atoms with van der Waals surface area (Å²) in [4.78, 5) is 13.9. The lowest BCUT2D eigenvalue weighted by Crippen LogP contribution is -2.48. The van der Waals surface area contributed by atoms with Crippen LogP contribution in [0.5, 0.6) is 0 Å². The molecule has 1 aromatic carbocycles. The molecule has 0 N–H and O–H groups in total. The van der Waals surface area contributed by atoms with Crippen LogP contribution in [-0.4, -0.2) is 23.9 Å². The number of likely N-dealkylation sites (tertiary alicyclic amines) is 1. The van der Waals surface area contributed by atoms with Gasteiger partial charge in [0, 0.05) is 17.6 Å². The van der Waals surface area contributed by atoms with Crippen LogP contribution in [-0.2, 0) is 0 Å². The molecule has 1 heterocycles. The van der Waals surface area contributed by atoms with Crippen molar-refractivity contribution in [2.24, 2.45) is 5.92 Å². The lowest BCUT2D eigenvalue weighted by atomic mass is 10.0. The molecular weight excluding hydrogens is 254 g/mol. The Morgan fingerprint density at radius 3 is 2.67 bits per heavy atom. The highest BCUT2D eigenvalue weighted by Crippen LogP contribution is 2.23. The first-order valence-electron chi connectivity index (χ1n) is 5.13. The first-order chi connectivity index (χ1) is 7.08. The summed E-state index contributed by atoms with van der Waals surface area (Å²) in [5.41, 5.74) is 1.93. The van der Waals surface area contributed by atoms with E-state index in [4.69, 9.17) is 0 Å². The summed E-state index contributed by atoms with van der Waals surface area (Å²) >= 11 is 3.44. The van der Waals surface area contributed by atoms with Crippen molar-refractivity contribution < 1.29 is 4.79 Å². The smallest absolute Gasteiger partial charge is 0.255 e. The van der Waals surface area contributed by atoms with E-state index in [-0.39, 0.29) is 5.91 Å². The van der Waals surface area contributed by atoms with Gasteiger partial charge in [-0.1, -0.05) is 13.0 Å². The highest BCUT2D eigenvalue weighted by molar-refractivity contribution is 9.10. The maximum Gasteiger partial charge on any atom is 0.255 e. The summed E-state index contributed by atoms with van der Waals surface area (Å²) in [5, 5.41) is 0. The number of carbonyl (C=O) groups is 1. The molecule has 1 amide bonds. The summed E-state index contributed by atoms with van der Waals surface area (Å²) < 4.78 is 0.895. The normalized spacial score (nSPS) is 16.3. The lowest BCUT2D eigenvalue weighted by Gasteiger charge is -2.37. The third kappa shape index (κ3) is 2.07. The van der Waals surface area contributed by atoms with Crippen LogP contribution in [0, 0.1) is 12.8 Å². The third-order valence-corrected chi connectivity index (χ3v) is 3.36. The molecule has 1 saturated heterocycles. The van der Waals surface area contributed by atoms with Gasteiger partial charge in [-0.2, -0.15) is 0 Å². The predicted octanol–water partition coefficient (Wildman–Crippen LogP) is 2.85. The molecular formula is C12H14BrNO. The summed E-state index contributed by atoms with van der Waals surface area (Å²) in [6.07, 6.45) is 0. The minimum absolute atomic E-state index is 0.139. The first kappa shape index (κ1) is 10.7. The van der Waals surface area contributed by atoms with Gasteiger partial charge in [0.2, 0.25) is 0 Å². The average Bonchev–Trinajstić information content (AvgIpc) is 2.12. The molecule has 0 aliphatic carbocycles. The van der Waals surface area contributed by atoms with Gasteiger partial charge >= 0.3 is 0 Å². The van der Waals surface area contributed by atoms with Gasteiger partial charge in [-0.3, -0.25) is 4.79 Å². The van der Waals surface area contributed by atoms with Crippen LogP contribution in [0.15, 0.2) is 22.7 Å². The fraction of sp³-hybridized carbons (Fsp3) is 0.417. The van der Waals surface area contributed by atoms with E-state index in [9.17, 15) is 4.79 Å². The van der Waals surface area contributed by atoms with Gasteiger partial charge in [0.15, 0.2) is 0 Å². The van der Waals surface area contributed by atoms with Crippen LogP contribution < -0.4 is 0 Å². The van der Waals surface area contributed by atoms with Crippen LogP contribution in [0.25, 0.3) is 0 Å². The van der Waals surface area contributed by atoms with Crippen molar-refractivity contribution in [1.82, 2.24) is 4.90 Å². The quantitative estimate of drug-likeness (QED) is 0.767. The molecule has 1 aromatic rings. The molecule has 0 aromatic heterocycles. The second kappa shape index (κ2) is 3.97. The monoisotopic (exact) mass is 267 g/mol. The van der Waals surface area contributed by atoms with Gasteiger partial charge in [-0.25, -0.2) is 0 Å². The molecule has 0 radical (unpaired) electrons. The van der Waals surface area contributed by atoms with Gasteiger partial charge in [-0.15, -0.1) is 0 Å². The minimum Gasteiger partial charge on any atom is -0.338 e. The number of aryl methyl sites for hydroxylation is 1. The Morgan fingerprint density at radius 2 is 2.13 bits per heavy atom. The summed E-state index contributed by atoms with van der Waals surface area (Å²) in [5.74, 6) is 0.790. The van der Waals surface area contributed by atoms with Crippen molar-refractivity contribution in [2.75, 3.05) is 13.1 Å². The minimum atomic E-state index is 0.139. The molecule has 3 heteroatoms. The number of hydrogen-bond acceptors (Lipinski definition) is 1. The van der Waals surface area contributed by atoms with E-state index in [1.165, 1.54) is 0 Å². The van der Waals surface area contributed by atoms with E-state index in [0.29, 0.717) is 5.92 Å². The molecule has 0 saturated carbocycles. The van der Waals surface area contributed by atoms with Crippen LogP contribution in [0.4, 0.5) is 0 Å². The second-order valence-electron chi connectivity index (χ2n) is 4.30. The van der Waals surface area contributed by atoms with Crippen molar-refractivity contribution in [2.45, 2.75) is 13.8 Å². The molecule has 2 rings (SSSR count). The van der Waals surface area contributed by atoms with Crippen LogP contribution in [0.3, 0.4) is 0 Å². The predicted molar refractivity (Wildman–Crippen MR) is 63.9 cm³/mol. The van der Waals surface area contributed by atoms with Crippen molar-refractivity contribution in [3.8, 4) is 0 Å². The second-order valence-corrected chi connectivity index (χ2v) is 5.15. The summed E-state index contributed by atoms with van der Waals surface area (Å²) in [6, 6.07) is 5.85. The van der Waals surface area contributed by atoms with Gasteiger partial charge in [0.25, 0.3) is 5.91 Å². The Labute approximate surface area is 98.4 Å². The zero-order chi connectivity index (χ0) is 11.0. The molecule has 80 valence electrons. The number of amides is 1. The highest BCUT2D eigenvalue weighted by Gasteiger charge is 2.28. The Morgan fingerprint density at radius 1 is 1.47 bits per heavy atom. The Balaban J connectivity index is 2.19. The number of benzene rings is 1. The maximum atomic E-state index is 12.0. The average molecular weight is 268 g/mol. The number of nitrogens with zero attached hydrogens (tertiary/aromatic N) is 1. The fourth-order valence-corrected chi connectivity index (χ4v) is 2.49. The molecule has 0 spiro atoms. The van der Waals surface area contributed by atoms with Crippen LogP contribution >= 0.6 is 15.9 Å². The molecule has 1 fully saturated rings. The number of halogens is 1. The van der Waals surface area contributed by atoms with E-state index in [2.05, 4.69) is 22.9 Å². The lowest BCUT2D eigenvalue weighted by molar-refractivity contribution is 0.0529. The van der Waals surface area contributed by atoms with Gasteiger partial charge < -0.3 is 4.90 Å². The van der Waals surface area contributed by atoms with E-state index in [0.717, 1.165) is 28.7 Å². The number of hydrogen-bond donors (Lipinski definition) is 0. The maximum absolute atomic E-state index is 12.0. The Bertz CT molecular complexity index is 397. The van der Waals surface area contributed by atoms with Crippen molar-refractivity contribution in [1.29, 1.82) is 0 Å². The van der Waals surface area contributed by atoms with Crippen LogP contribution in [0.2, 0.25) is 0 Å². The third-order valence-electron chi connectivity index (χ3n) is 2.71. The highest BCUT2D eigenvalue weighted by atomic mass is 79.9. The number of rotatable bonds is 1. The van der Waals surface area contributed by atoms with Crippen molar-refractivity contribution >= 4 is 21.8 Å². The van der Waals surface area contributed by atoms with Crippen molar-refractivity contribution in [3.63, 3.8) is 0 Å². The van der Waals surface area contributed by atoms with Gasteiger partial charge in [0.1, 0.15) is 0 Å². The molecule has 2 nitrogen and oxygen atoms in total. The fourth-order valence-electron chi connectivity index (χ4n) is 1.83. The van der Waals surface area contributed by atoms with E-state index >= 15 is 0 Å². The van der Waals surface area contributed by atoms with Crippen LogP contribution in [0.1, 0.15) is 22.8 Å². The first-order valence-corrected chi connectivity index (χ1v) is 5.92. The zero-order valence-electron chi connectivity index (χ0n) is 8.96. The van der Waals surface area contributed by atoms with Gasteiger partial charge in [0.05, 0.1) is 5.56 Å². The Kier molecular flexibility index (Phi) is 2.83. The Hall–Kier alpha value is -0.830. The SMILES string of the molecule is Cc1ccc(C(=O)N2CC(C)C2)c(Br)c1. The molecule has 1 aliphatic heterocycles.